The Hall–Kier alpha value is -0.960. The molecular formula is C14H23ClF2N2O3S. The van der Waals surface area contributed by atoms with Gasteiger partial charge < -0.3 is 10.5 Å². The summed E-state index contributed by atoms with van der Waals surface area (Å²) in [5, 5.41) is 0. The summed E-state index contributed by atoms with van der Waals surface area (Å²) in [6.45, 7) is 2.73. The third-order valence-corrected chi connectivity index (χ3v) is 4.33. The zero-order chi connectivity index (χ0) is 16.8. The van der Waals surface area contributed by atoms with Gasteiger partial charge in [0.1, 0.15) is 5.75 Å². The van der Waals surface area contributed by atoms with E-state index in [-0.39, 0.29) is 17.3 Å². The first-order chi connectivity index (χ1) is 10.2. The number of ether oxygens (including phenoxy) is 1. The van der Waals surface area contributed by atoms with Gasteiger partial charge in [0.15, 0.2) is 0 Å². The van der Waals surface area contributed by atoms with Crippen molar-refractivity contribution in [2.75, 3.05) is 19.7 Å². The van der Waals surface area contributed by atoms with E-state index in [2.05, 4.69) is 13.8 Å². The molecule has 23 heavy (non-hydrogen) atoms. The lowest BCUT2D eigenvalue weighted by atomic mass is 10.1. The Morgan fingerprint density at radius 2 is 1.83 bits per heavy atom. The zero-order valence-electron chi connectivity index (χ0n) is 13.1. The van der Waals surface area contributed by atoms with Crippen LogP contribution < -0.4 is 15.2 Å². The lowest BCUT2D eigenvalue weighted by Gasteiger charge is -2.15. The van der Waals surface area contributed by atoms with Gasteiger partial charge in [-0.05, 0) is 36.6 Å². The Morgan fingerprint density at radius 1 is 1.26 bits per heavy atom. The van der Waals surface area contributed by atoms with E-state index in [4.69, 9.17) is 10.5 Å². The normalized spacial score (nSPS) is 12.1. The first-order valence-electron chi connectivity index (χ1n) is 6.97. The van der Waals surface area contributed by atoms with E-state index >= 15 is 0 Å². The summed E-state index contributed by atoms with van der Waals surface area (Å²) < 4.78 is 57.1. The topological polar surface area (TPSA) is 81.4 Å². The third-order valence-electron chi connectivity index (χ3n) is 2.92. The average molecular weight is 373 g/mol. The molecule has 0 heterocycles. The summed E-state index contributed by atoms with van der Waals surface area (Å²) >= 11 is 0. The standard InChI is InChI=1S/C14H22F2N2O3S.ClH/c1-11(2)7-8-21-12-3-5-13(6-4-12)22(19,20)18-10-14(15,16)9-17;/h3-6,11,18H,7-10,17H2,1-2H3;1H. The molecule has 0 aliphatic rings. The van der Waals surface area contributed by atoms with Crippen LogP contribution in [0.2, 0.25) is 0 Å². The third kappa shape index (κ3) is 7.92. The van der Waals surface area contributed by atoms with Gasteiger partial charge >= 0.3 is 0 Å². The van der Waals surface area contributed by atoms with Crippen LogP contribution in [0.15, 0.2) is 29.2 Å². The minimum atomic E-state index is -4.00. The van der Waals surface area contributed by atoms with Gasteiger partial charge in [0.2, 0.25) is 10.0 Å². The van der Waals surface area contributed by atoms with E-state index in [1.807, 2.05) is 4.72 Å². The molecule has 9 heteroatoms. The van der Waals surface area contributed by atoms with E-state index < -0.39 is 29.0 Å². The fraction of sp³-hybridized carbons (Fsp3) is 0.571. The molecule has 0 aromatic heterocycles. The average Bonchev–Trinajstić information content (AvgIpc) is 2.46. The molecule has 0 spiro atoms. The van der Waals surface area contributed by atoms with Gasteiger partial charge in [0.05, 0.1) is 24.6 Å². The van der Waals surface area contributed by atoms with Crippen molar-refractivity contribution in [3.8, 4) is 5.75 Å². The van der Waals surface area contributed by atoms with Crippen molar-refractivity contribution in [2.24, 2.45) is 11.7 Å². The van der Waals surface area contributed by atoms with Crippen molar-refractivity contribution in [1.29, 1.82) is 0 Å². The maximum Gasteiger partial charge on any atom is 0.273 e. The first kappa shape index (κ1) is 22.0. The zero-order valence-corrected chi connectivity index (χ0v) is 14.7. The van der Waals surface area contributed by atoms with Crippen LogP contribution in [-0.4, -0.2) is 34.0 Å². The molecule has 0 aliphatic heterocycles. The fourth-order valence-electron chi connectivity index (χ4n) is 1.48. The highest BCUT2D eigenvalue weighted by atomic mass is 35.5. The van der Waals surface area contributed by atoms with Crippen molar-refractivity contribution in [2.45, 2.75) is 31.1 Å². The van der Waals surface area contributed by atoms with Crippen LogP contribution in [0.3, 0.4) is 0 Å². The summed E-state index contributed by atoms with van der Waals surface area (Å²) in [5.41, 5.74) is 4.86. The van der Waals surface area contributed by atoms with E-state index in [1.165, 1.54) is 24.3 Å². The molecule has 0 bridgehead atoms. The van der Waals surface area contributed by atoms with Crippen molar-refractivity contribution in [3.05, 3.63) is 24.3 Å². The molecule has 1 aromatic carbocycles. The van der Waals surface area contributed by atoms with Crippen molar-refractivity contribution in [3.63, 3.8) is 0 Å². The fourth-order valence-corrected chi connectivity index (χ4v) is 2.55. The van der Waals surface area contributed by atoms with E-state index in [1.54, 1.807) is 0 Å². The monoisotopic (exact) mass is 372 g/mol. The van der Waals surface area contributed by atoms with Crippen molar-refractivity contribution >= 4 is 22.4 Å². The second-order valence-electron chi connectivity index (χ2n) is 5.39. The Kier molecular flexibility index (Phi) is 8.97. The first-order valence-corrected chi connectivity index (χ1v) is 8.45. The van der Waals surface area contributed by atoms with Gasteiger partial charge in [-0.25, -0.2) is 21.9 Å². The van der Waals surface area contributed by atoms with Gasteiger partial charge in [-0.1, -0.05) is 13.8 Å². The SMILES string of the molecule is CC(C)CCOc1ccc(S(=O)(=O)NCC(F)(F)CN)cc1.Cl. The molecule has 0 saturated heterocycles. The number of hydrogen-bond acceptors (Lipinski definition) is 4. The van der Waals surface area contributed by atoms with E-state index in [0.717, 1.165) is 6.42 Å². The molecule has 134 valence electrons. The number of halogens is 3. The summed E-state index contributed by atoms with van der Waals surface area (Å²) in [6.07, 6.45) is 0.885. The predicted octanol–water partition coefficient (Wildman–Crippen LogP) is 2.41. The van der Waals surface area contributed by atoms with Gasteiger partial charge in [-0.3, -0.25) is 0 Å². The molecule has 0 atom stereocenters. The molecule has 0 fully saturated rings. The Balaban J connectivity index is 0.00000484. The number of alkyl halides is 2. The lowest BCUT2D eigenvalue weighted by molar-refractivity contribution is 0.0170. The van der Waals surface area contributed by atoms with E-state index in [0.29, 0.717) is 18.3 Å². The Bertz CT molecular complexity index is 566. The molecule has 0 unspecified atom stereocenters. The molecule has 0 amide bonds. The predicted molar refractivity (Wildman–Crippen MR) is 87.8 cm³/mol. The van der Waals surface area contributed by atoms with Crippen LogP contribution in [0.25, 0.3) is 0 Å². The number of rotatable bonds is 9. The number of benzene rings is 1. The van der Waals surface area contributed by atoms with Crippen LogP contribution >= 0.6 is 12.4 Å². The lowest BCUT2D eigenvalue weighted by Crippen LogP contribution is -2.41. The minimum absolute atomic E-state index is 0. The molecule has 0 radical (unpaired) electrons. The summed E-state index contributed by atoms with van der Waals surface area (Å²) in [5.74, 6) is -2.23. The summed E-state index contributed by atoms with van der Waals surface area (Å²) in [7, 11) is -4.00. The number of hydrogen-bond donors (Lipinski definition) is 2. The second-order valence-corrected chi connectivity index (χ2v) is 7.15. The molecular weight excluding hydrogens is 350 g/mol. The van der Waals surface area contributed by atoms with Gasteiger partial charge in [0.25, 0.3) is 5.92 Å². The molecule has 0 aliphatic carbocycles. The highest BCUT2D eigenvalue weighted by Gasteiger charge is 2.29. The smallest absolute Gasteiger partial charge is 0.273 e. The summed E-state index contributed by atoms with van der Waals surface area (Å²) in [6, 6.07) is 5.62. The molecule has 5 nitrogen and oxygen atoms in total. The van der Waals surface area contributed by atoms with Gasteiger partial charge in [0, 0.05) is 0 Å². The largest absolute Gasteiger partial charge is 0.494 e. The van der Waals surface area contributed by atoms with Crippen LogP contribution in [0.4, 0.5) is 8.78 Å². The summed E-state index contributed by atoms with van der Waals surface area (Å²) in [4.78, 5) is -0.100. The van der Waals surface area contributed by atoms with Crippen molar-refractivity contribution in [1.82, 2.24) is 4.72 Å². The highest BCUT2D eigenvalue weighted by Crippen LogP contribution is 2.17. The Morgan fingerprint density at radius 3 is 2.30 bits per heavy atom. The van der Waals surface area contributed by atoms with Crippen LogP contribution in [0, 0.1) is 5.92 Å². The highest BCUT2D eigenvalue weighted by molar-refractivity contribution is 7.89. The quantitative estimate of drug-likeness (QED) is 0.697. The maximum atomic E-state index is 13.0. The van der Waals surface area contributed by atoms with Gasteiger partial charge in [-0.15, -0.1) is 12.4 Å². The molecule has 3 N–H and O–H groups in total. The van der Waals surface area contributed by atoms with E-state index in [9.17, 15) is 17.2 Å². The number of nitrogens with two attached hydrogens (primary N) is 1. The second kappa shape index (κ2) is 9.36. The van der Waals surface area contributed by atoms with Gasteiger partial charge in [-0.2, -0.15) is 0 Å². The molecule has 1 aromatic rings. The number of sulfonamides is 1. The maximum absolute atomic E-state index is 13.0. The van der Waals surface area contributed by atoms with Crippen molar-refractivity contribution < 1.29 is 21.9 Å². The molecule has 0 saturated carbocycles. The number of nitrogens with one attached hydrogen (secondary N) is 1. The van der Waals surface area contributed by atoms with Crippen LogP contribution in [0.5, 0.6) is 5.75 Å². The molecule has 1 rings (SSSR count). The van der Waals surface area contributed by atoms with Crippen LogP contribution in [0.1, 0.15) is 20.3 Å². The van der Waals surface area contributed by atoms with Crippen LogP contribution in [-0.2, 0) is 10.0 Å². The Labute approximate surface area is 142 Å². The minimum Gasteiger partial charge on any atom is -0.494 e.